The van der Waals surface area contributed by atoms with Crippen LogP contribution in [0.2, 0.25) is 10.0 Å². The largest absolute Gasteiger partial charge is 0.478 e. The molecule has 2 rings (SSSR count). The molecule has 1 aromatic carbocycles. The summed E-state index contributed by atoms with van der Waals surface area (Å²) in [5.41, 5.74) is 0.735. The zero-order valence-corrected chi connectivity index (χ0v) is 12.0. The van der Waals surface area contributed by atoms with E-state index in [0.29, 0.717) is 21.5 Å². The van der Waals surface area contributed by atoms with Crippen molar-refractivity contribution in [2.24, 2.45) is 0 Å². The van der Waals surface area contributed by atoms with Crippen molar-refractivity contribution < 1.29 is 9.90 Å². The van der Waals surface area contributed by atoms with E-state index in [2.05, 4.69) is 4.98 Å². The predicted molar refractivity (Wildman–Crippen MR) is 77.2 cm³/mol. The van der Waals surface area contributed by atoms with Gasteiger partial charge < -0.3 is 5.11 Å². The maximum absolute atomic E-state index is 11.0. The Morgan fingerprint density at radius 3 is 2.58 bits per heavy atom. The minimum Gasteiger partial charge on any atom is -0.478 e. The standard InChI is InChI=1S/C13H9Cl2NO2S/c14-8-4-9(15)6-10(5-8)19-7-12-11(13(17)18)2-1-3-16-12/h1-6H,7H2,(H,17,18). The van der Waals surface area contributed by atoms with Gasteiger partial charge in [-0.2, -0.15) is 0 Å². The maximum atomic E-state index is 11.0. The Morgan fingerprint density at radius 2 is 1.95 bits per heavy atom. The molecule has 0 saturated heterocycles. The number of hydrogen-bond donors (Lipinski definition) is 1. The lowest BCUT2D eigenvalue weighted by Crippen LogP contribution is -2.03. The Labute approximate surface area is 124 Å². The van der Waals surface area contributed by atoms with Gasteiger partial charge in [-0.15, -0.1) is 11.8 Å². The third kappa shape index (κ3) is 3.86. The molecule has 2 aromatic rings. The molecule has 0 unspecified atom stereocenters. The first-order chi connectivity index (χ1) is 9.06. The van der Waals surface area contributed by atoms with Crippen molar-refractivity contribution in [3.05, 3.63) is 57.8 Å². The van der Waals surface area contributed by atoms with Crippen molar-refractivity contribution in [2.45, 2.75) is 10.6 Å². The molecule has 3 nitrogen and oxygen atoms in total. The minimum absolute atomic E-state index is 0.211. The normalized spacial score (nSPS) is 10.4. The Bertz CT molecular complexity index is 599. The van der Waals surface area contributed by atoms with E-state index < -0.39 is 5.97 Å². The van der Waals surface area contributed by atoms with Crippen LogP contribution in [-0.4, -0.2) is 16.1 Å². The van der Waals surface area contributed by atoms with Crippen molar-refractivity contribution in [3.8, 4) is 0 Å². The number of carboxylic acids is 1. The molecule has 0 aliphatic heterocycles. The summed E-state index contributed by atoms with van der Waals surface area (Å²) in [4.78, 5) is 16.0. The molecule has 0 amide bonds. The van der Waals surface area contributed by atoms with Gasteiger partial charge in [-0.05, 0) is 30.3 Å². The zero-order valence-electron chi connectivity index (χ0n) is 9.64. The van der Waals surface area contributed by atoms with Crippen LogP contribution in [0.3, 0.4) is 0 Å². The highest BCUT2D eigenvalue weighted by molar-refractivity contribution is 7.98. The van der Waals surface area contributed by atoms with Crippen LogP contribution in [0.5, 0.6) is 0 Å². The number of hydrogen-bond acceptors (Lipinski definition) is 3. The molecule has 1 N–H and O–H groups in total. The SMILES string of the molecule is O=C(O)c1cccnc1CSc1cc(Cl)cc(Cl)c1. The number of pyridine rings is 1. The summed E-state index contributed by atoms with van der Waals surface area (Å²) in [5, 5.41) is 10.2. The third-order valence-electron chi connectivity index (χ3n) is 2.33. The summed E-state index contributed by atoms with van der Waals surface area (Å²) in [5.74, 6) is -0.535. The van der Waals surface area contributed by atoms with Gasteiger partial charge >= 0.3 is 5.97 Å². The molecule has 0 saturated carbocycles. The first-order valence-electron chi connectivity index (χ1n) is 5.32. The lowest BCUT2D eigenvalue weighted by molar-refractivity contribution is 0.0695. The molecular weight excluding hydrogens is 305 g/mol. The van der Waals surface area contributed by atoms with E-state index in [1.807, 2.05) is 0 Å². The molecule has 0 bridgehead atoms. The van der Waals surface area contributed by atoms with Gasteiger partial charge in [0.15, 0.2) is 0 Å². The van der Waals surface area contributed by atoms with E-state index >= 15 is 0 Å². The van der Waals surface area contributed by atoms with E-state index in [0.717, 1.165) is 4.90 Å². The molecule has 0 aliphatic rings. The van der Waals surface area contributed by atoms with Crippen molar-refractivity contribution in [3.63, 3.8) is 0 Å². The molecule has 0 aliphatic carbocycles. The summed E-state index contributed by atoms with van der Waals surface area (Å²) in [6.07, 6.45) is 1.58. The predicted octanol–water partition coefficient (Wildman–Crippen LogP) is 4.38. The van der Waals surface area contributed by atoms with Crippen LogP contribution >= 0.6 is 35.0 Å². The van der Waals surface area contributed by atoms with E-state index in [-0.39, 0.29) is 5.56 Å². The van der Waals surface area contributed by atoms with E-state index in [4.69, 9.17) is 28.3 Å². The van der Waals surface area contributed by atoms with Gasteiger partial charge in [0.05, 0.1) is 11.3 Å². The van der Waals surface area contributed by atoms with Crippen molar-refractivity contribution in [1.82, 2.24) is 4.98 Å². The molecular formula is C13H9Cl2NO2S. The Hall–Kier alpha value is -1.23. The summed E-state index contributed by atoms with van der Waals surface area (Å²) >= 11 is 13.3. The number of nitrogens with zero attached hydrogens (tertiary/aromatic N) is 1. The summed E-state index contributed by atoms with van der Waals surface area (Å²) in [6, 6.07) is 8.35. The molecule has 6 heteroatoms. The molecule has 0 atom stereocenters. The van der Waals surface area contributed by atoms with Gasteiger partial charge in [0.1, 0.15) is 0 Å². The van der Waals surface area contributed by atoms with Crippen LogP contribution in [0.1, 0.15) is 16.1 Å². The van der Waals surface area contributed by atoms with E-state index in [9.17, 15) is 4.79 Å². The monoisotopic (exact) mass is 313 g/mol. The van der Waals surface area contributed by atoms with Crippen LogP contribution < -0.4 is 0 Å². The second kappa shape index (κ2) is 6.28. The maximum Gasteiger partial charge on any atom is 0.337 e. The number of rotatable bonds is 4. The fraction of sp³-hybridized carbons (Fsp3) is 0.0769. The molecule has 98 valence electrons. The topological polar surface area (TPSA) is 50.2 Å². The summed E-state index contributed by atoms with van der Waals surface area (Å²) in [6.45, 7) is 0. The molecule has 1 aromatic heterocycles. The fourth-order valence-corrected chi connectivity index (χ4v) is 3.12. The minimum atomic E-state index is -0.979. The Kier molecular flexibility index (Phi) is 4.69. The van der Waals surface area contributed by atoms with Gasteiger partial charge in [0, 0.05) is 26.9 Å². The number of thioether (sulfide) groups is 1. The van der Waals surface area contributed by atoms with Gasteiger partial charge in [0.2, 0.25) is 0 Å². The smallest absolute Gasteiger partial charge is 0.337 e. The van der Waals surface area contributed by atoms with Crippen LogP contribution in [0.15, 0.2) is 41.4 Å². The van der Waals surface area contributed by atoms with Crippen LogP contribution in [0.25, 0.3) is 0 Å². The first-order valence-corrected chi connectivity index (χ1v) is 7.06. The molecule has 0 spiro atoms. The van der Waals surface area contributed by atoms with Crippen LogP contribution in [-0.2, 0) is 5.75 Å². The fourth-order valence-electron chi connectivity index (χ4n) is 1.51. The number of carboxylic acid groups (broad SMARTS) is 1. The van der Waals surface area contributed by atoms with Crippen LogP contribution in [0, 0.1) is 0 Å². The lowest BCUT2D eigenvalue weighted by atomic mass is 10.2. The average molecular weight is 314 g/mol. The second-order valence-electron chi connectivity index (χ2n) is 3.70. The number of halogens is 2. The van der Waals surface area contributed by atoms with Crippen LogP contribution in [0.4, 0.5) is 0 Å². The number of aromatic nitrogens is 1. The summed E-state index contributed by atoms with van der Waals surface area (Å²) in [7, 11) is 0. The zero-order chi connectivity index (χ0) is 13.8. The quantitative estimate of drug-likeness (QED) is 0.851. The summed E-state index contributed by atoms with van der Waals surface area (Å²) < 4.78 is 0. The third-order valence-corrected chi connectivity index (χ3v) is 3.76. The van der Waals surface area contributed by atoms with E-state index in [1.54, 1.807) is 30.5 Å². The Balaban J connectivity index is 2.16. The second-order valence-corrected chi connectivity index (χ2v) is 5.62. The van der Waals surface area contributed by atoms with Crippen molar-refractivity contribution >= 4 is 40.9 Å². The van der Waals surface area contributed by atoms with Gasteiger partial charge in [0.25, 0.3) is 0 Å². The first kappa shape index (κ1) is 14.2. The molecule has 0 fully saturated rings. The molecule has 1 heterocycles. The number of carbonyl (C=O) groups is 1. The van der Waals surface area contributed by atoms with Gasteiger partial charge in [-0.25, -0.2) is 4.79 Å². The van der Waals surface area contributed by atoms with Crippen molar-refractivity contribution in [2.75, 3.05) is 0 Å². The Morgan fingerprint density at radius 1 is 1.26 bits per heavy atom. The number of benzene rings is 1. The molecule has 19 heavy (non-hydrogen) atoms. The lowest BCUT2D eigenvalue weighted by Gasteiger charge is -2.05. The molecule has 0 radical (unpaired) electrons. The highest BCUT2D eigenvalue weighted by Gasteiger charge is 2.11. The average Bonchev–Trinajstić information content (AvgIpc) is 2.35. The van der Waals surface area contributed by atoms with E-state index in [1.165, 1.54) is 17.8 Å². The van der Waals surface area contributed by atoms with Gasteiger partial charge in [-0.3, -0.25) is 4.98 Å². The van der Waals surface area contributed by atoms with Crippen molar-refractivity contribution in [1.29, 1.82) is 0 Å². The highest BCUT2D eigenvalue weighted by Crippen LogP contribution is 2.29. The van der Waals surface area contributed by atoms with Gasteiger partial charge in [-0.1, -0.05) is 23.2 Å². The number of aromatic carboxylic acids is 1. The highest BCUT2D eigenvalue weighted by atomic mass is 35.5.